The second-order valence-electron chi connectivity index (χ2n) is 6.97. The topological polar surface area (TPSA) is 81.4 Å². The fourth-order valence-electron chi connectivity index (χ4n) is 3.03. The zero-order valence-corrected chi connectivity index (χ0v) is 16.6. The van der Waals surface area contributed by atoms with Crippen LogP contribution in [-0.4, -0.2) is 17.0 Å². The molecule has 0 radical (unpaired) electrons. The highest BCUT2D eigenvalue weighted by atomic mass is 16.5. The van der Waals surface area contributed by atoms with Crippen LogP contribution in [0.5, 0.6) is 5.75 Å². The van der Waals surface area contributed by atoms with Crippen molar-refractivity contribution >= 4 is 22.5 Å². The van der Waals surface area contributed by atoms with Gasteiger partial charge in [0.15, 0.2) is 6.10 Å². The summed E-state index contributed by atoms with van der Waals surface area (Å²) in [5.41, 5.74) is 2.44. The number of aromatic nitrogens is 1. The van der Waals surface area contributed by atoms with Gasteiger partial charge < -0.3 is 14.5 Å². The molecule has 0 bridgehead atoms. The molecule has 1 N–H and O–H groups in total. The van der Waals surface area contributed by atoms with Crippen LogP contribution < -0.4 is 15.7 Å². The van der Waals surface area contributed by atoms with Gasteiger partial charge in [-0.1, -0.05) is 24.3 Å². The van der Waals surface area contributed by atoms with E-state index in [2.05, 4.69) is 10.3 Å². The Hall–Kier alpha value is -3.93. The van der Waals surface area contributed by atoms with Gasteiger partial charge in [0.1, 0.15) is 5.75 Å². The second-order valence-corrected chi connectivity index (χ2v) is 6.97. The molecule has 30 heavy (non-hydrogen) atoms. The van der Waals surface area contributed by atoms with Crippen molar-refractivity contribution in [3.05, 3.63) is 88.8 Å². The molecule has 1 heterocycles. The molecule has 150 valence electrons. The molecule has 6 nitrogen and oxygen atoms in total. The van der Waals surface area contributed by atoms with Crippen molar-refractivity contribution in [1.29, 1.82) is 0 Å². The molecule has 1 amide bonds. The van der Waals surface area contributed by atoms with Gasteiger partial charge in [0.25, 0.3) is 5.91 Å². The van der Waals surface area contributed by atoms with Gasteiger partial charge in [0.2, 0.25) is 5.89 Å². The number of rotatable bonds is 5. The van der Waals surface area contributed by atoms with Crippen molar-refractivity contribution in [2.45, 2.75) is 20.0 Å². The van der Waals surface area contributed by atoms with E-state index in [1.54, 1.807) is 49.4 Å². The molecule has 4 rings (SSSR count). The third-order valence-corrected chi connectivity index (χ3v) is 4.61. The number of benzene rings is 3. The first-order valence-corrected chi connectivity index (χ1v) is 9.54. The molecule has 0 spiro atoms. The predicted octanol–water partition coefficient (Wildman–Crippen LogP) is 4.57. The number of nitrogens with one attached hydrogen (secondary N) is 1. The summed E-state index contributed by atoms with van der Waals surface area (Å²) in [6, 6.07) is 21.5. The first kappa shape index (κ1) is 19.4. The van der Waals surface area contributed by atoms with Crippen LogP contribution in [-0.2, 0) is 4.79 Å². The van der Waals surface area contributed by atoms with Crippen molar-refractivity contribution in [2.75, 3.05) is 5.32 Å². The smallest absolute Gasteiger partial charge is 0.347 e. The number of aryl methyl sites for hydroxylation is 1. The highest BCUT2D eigenvalue weighted by Crippen LogP contribution is 2.21. The van der Waals surface area contributed by atoms with Crippen molar-refractivity contribution in [3.8, 4) is 17.2 Å². The fourth-order valence-corrected chi connectivity index (χ4v) is 3.03. The van der Waals surface area contributed by atoms with Crippen LogP contribution in [0.2, 0.25) is 0 Å². The molecule has 0 saturated carbocycles. The maximum Gasteiger partial charge on any atom is 0.347 e. The van der Waals surface area contributed by atoms with Gasteiger partial charge in [-0.3, -0.25) is 4.79 Å². The lowest BCUT2D eigenvalue weighted by Crippen LogP contribution is -2.30. The molecule has 1 aromatic heterocycles. The number of anilines is 1. The van der Waals surface area contributed by atoms with E-state index in [4.69, 9.17) is 9.15 Å². The Morgan fingerprint density at radius 2 is 1.80 bits per heavy atom. The van der Waals surface area contributed by atoms with E-state index >= 15 is 0 Å². The Morgan fingerprint density at radius 1 is 1.03 bits per heavy atom. The van der Waals surface area contributed by atoms with Crippen molar-refractivity contribution in [2.24, 2.45) is 0 Å². The van der Waals surface area contributed by atoms with E-state index in [9.17, 15) is 9.59 Å². The summed E-state index contributed by atoms with van der Waals surface area (Å²) >= 11 is 0. The molecule has 1 unspecified atom stereocenters. The highest BCUT2D eigenvalue weighted by Gasteiger charge is 2.15. The molecule has 4 aromatic rings. The number of nitrogens with zero attached hydrogens (tertiary/aromatic N) is 1. The quantitative estimate of drug-likeness (QED) is 0.531. The molecule has 0 aliphatic rings. The molecule has 1 atom stereocenters. The predicted molar refractivity (Wildman–Crippen MR) is 116 cm³/mol. The number of para-hydroxylation sites is 1. The van der Waals surface area contributed by atoms with Crippen LogP contribution >= 0.6 is 0 Å². The van der Waals surface area contributed by atoms with Gasteiger partial charge in [-0.05, 0) is 67.9 Å². The average molecular weight is 400 g/mol. The lowest BCUT2D eigenvalue weighted by molar-refractivity contribution is -0.122. The summed E-state index contributed by atoms with van der Waals surface area (Å²) in [5.74, 6) is 0.609. The number of carbonyl (C=O) groups excluding carboxylic acids is 1. The van der Waals surface area contributed by atoms with Crippen LogP contribution in [0.4, 0.5) is 5.69 Å². The third-order valence-electron chi connectivity index (χ3n) is 4.61. The molecule has 6 heteroatoms. The maximum atomic E-state index is 12.4. The SMILES string of the molecule is Cc1cccc(OC(C)C(=O)Nc2ccc(-c3nc4ccccc4c(=O)o3)cc2)c1. The lowest BCUT2D eigenvalue weighted by Gasteiger charge is -2.15. The molecule has 0 saturated heterocycles. The van der Waals surface area contributed by atoms with Crippen molar-refractivity contribution < 1.29 is 13.9 Å². The zero-order chi connectivity index (χ0) is 21.1. The summed E-state index contributed by atoms with van der Waals surface area (Å²) in [6.45, 7) is 3.66. The highest BCUT2D eigenvalue weighted by molar-refractivity contribution is 5.94. The standard InChI is InChI=1S/C24H20N2O4/c1-15-6-5-7-19(14-15)29-16(2)22(27)25-18-12-10-17(11-13-18)23-26-21-9-4-3-8-20(21)24(28)30-23/h3-14,16H,1-2H3,(H,25,27). The first-order valence-electron chi connectivity index (χ1n) is 9.54. The van der Waals surface area contributed by atoms with E-state index in [1.165, 1.54) is 0 Å². The Bertz CT molecular complexity index is 1260. The van der Waals surface area contributed by atoms with Crippen molar-refractivity contribution in [3.63, 3.8) is 0 Å². The summed E-state index contributed by atoms with van der Waals surface area (Å²) in [7, 11) is 0. The van der Waals surface area contributed by atoms with Crippen LogP contribution in [0.15, 0.2) is 82.0 Å². The van der Waals surface area contributed by atoms with E-state index < -0.39 is 11.7 Å². The number of ether oxygens (including phenoxy) is 1. The van der Waals surface area contributed by atoms with Gasteiger partial charge in [0, 0.05) is 11.3 Å². The monoisotopic (exact) mass is 400 g/mol. The fraction of sp³-hybridized carbons (Fsp3) is 0.125. The van der Waals surface area contributed by atoms with Gasteiger partial charge in [-0.25, -0.2) is 9.78 Å². The summed E-state index contributed by atoms with van der Waals surface area (Å²) in [4.78, 5) is 29.0. The summed E-state index contributed by atoms with van der Waals surface area (Å²) < 4.78 is 11.0. The van der Waals surface area contributed by atoms with Crippen LogP contribution in [0.25, 0.3) is 22.4 Å². The minimum absolute atomic E-state index is 0.229. The van der Waals surface area contributed by atoms with E-state index in [0.29, 0.717) is 27.9 Å². The van der Waals surface area contributed by atoms with Gasteiger partial charge >= 0.3 is 5.63 Å². The minimum atomic E-state index is -0.661. The molecule has 3 aromatic carbocycles. The van der Waals surface area contributed by atoms with Gasteiger partial charge in [0.05, 0.1) is 10.9 Å². The van der Waals surface area contributed by atoms with Gasteiger partial charge in [-0.15, -0.1) is 0 Å². The Morgan fingerprint density at radius 3 is 2.57 bits per heavy atom. The Labute approximate surface area is 173 Å². The zero-order valence-electron chi connectivity index (χ0n) is 16.6. The Kier molecular flexibility index (Phi) is 5.30. The van der Waals surface area contributed by atoms with E-state index in [-0.39, 0.29) is 11.8 Å². The maximum absolute atomic E-state index is 12.4. The normalized spacial score (nSPS) is 11.8. The molecule has 0 fully saturated rings. The molecule has 0 aliphatic heterocycles. The average Bonchev–Trinajstić information content (AvgIpc) is 2.74. The number of hydrogen-bond acceptors (Lipinski definition) is 5. The molecular weight excluding hydrogens is 380 g/mol. The summed E-state index contributed by atoms with van der Waals surface area (Å²) in [6.07, 6.45) is -0.661. The number of hydrogen-bond donors (Lipinski definition) is 1. The largest absolute Gasteiger partial charge is 0.481 e. The van der Waals surface area contributed by atoms with Crippen LogP contribution in [0.1, 0.15) is 12.5 Å². The summed E-state index contributed by atoms with van der Waals surface area (Å²) in [5, 5.41) is 3.26. The first-order chi connectivity index (χ1) is 14.5. The van der Waals surface area contributed by atoms with E-state index in [0.717, 1.165) is 5.56 Å². The third kappa shape index (κ3) is 4.22. The van der Waals surface area contributed by atoms with E-state index in [1.807, 2.05) is 37.3 Å². The van der Waals surface area contributed by atoms with Crippen LogP contribution in [0.3, 0.4) is 0 Å². The Balaban J connectivity index is 1.47. The number of amides is 1. The molecular formula is C24H20N2O4. The van der Waals surface area contributed by atoms with Crippen molar-refractivity contribution in [1.82, 2.24) is 4.98 Å². The second kappa shape index (κ2) is 8.21. The van der Waals surface area contributed by atoms with Gasteiger partial charge in [-0.2, -0.15) is 0 Å². The number of carbonyl (C=O) groups is 1. The number of fused-ring (bicyclic) bond motifs is 1. The lowest BCUT2D eigenvalue weighted by atomic mass is 10.2. The molecule has 0 aliphatic carbocycles. The van der Waals surface area contributed by atoms with Crippen LogP contribution in [0, 0.1) is 6.92 Å². The minimum Gasteiger partial charge on any atom is -0.481 e.